The molecular formula is C14H19ClN2O. The van der Waals surface area contributed by atoms with E-state index in [1.807, 2.05) is 25.1 Å². The lowest BCUT2D eigenvalue weighted by Gasteiger charge is -2.25. The Bertz CT molecular complexity index is 428. The summed E-state index contributed by atoms with van der Waals surface area (Å²) in [5, 5.41) is 3.47. The second kappa shape index (κ2) is 6.21. The monoisotopic (exact) mass is 266 g/mol. The predicted octanol–water partition coefficient (Wildman–Crippen LogP) is 3.07. The number of nitrogens with zero attached hydrogens (tertiary/aromatic N) is 1. The van der Waals surface area contributed by atoms with E-state index in [-0.39, 0.29) is 5.91 Å². The zero-order valence-electron chi connectivity index (χ0n) is 10.7. The fourth-order valence-electron chi connectivity index (χ4n) is 2.23. The zero-order valence-corrected chi connectivity index (χ0v) is 11.5. The fourth-order valence-corrected chi connectivity index (χ4v) is 2.51. The molecule has 0 unspecified atom stereocenters. The van der Waals surface area contributed by atoms with Crippen LogP contribution in [0.15, 0.2) is 18.2 Å². The van der Waals surface area contributed by atoms with Crippen molar-refractivity contribution in [3.63, 3.8) is 0 Å². The largest absolute Gasteiger partial charge is 0.324 e. The number of carbonyl (C=O) groups is 1. The molecule has 0 bridgehead atoms. The zero-order chi connectivity index (χ0) is 13.0. The Kier molecular flexibility index (Phi) is 4.61. The Labute approximate surface area is 113 Å². The summed E-state index contributed by atoms with van der Waals surface area (Å²) in [5.41, 5.74) is 1.79. The lowest BCUT2D eigenvalue weighted by molar-refractivity contribution is -0.117. The summed E-state index contributed by atoms with van der Waals surface area (Å²) in [6, 6.07) is 5.66. The van der Waals surface area contributed by atoms with Crippen molar-refractivity contribution < 1.29 is 4.79 Å². The lowest BCUT2D eigenvalue weighted by atomic mass is 10.1. The first-order valence-corrected chi connectivity index (χ1v) is 6.81. The number of piperidine rings is 1. The van der Waals surface area contributed by atoms with E-state index in [9.17, 15) is 4.79 Å². The van der Waals surface area contributed by atoms with Crippen molar-refractivity contribution in [2.24, 2.45) is 0 Å². The van der Waals surface area contributed by atoms with Gasteiger partial charge < -0.3 is 5.32 Å². The average Bonchev–Trinajstić information content (AvgIpc) is 2.34. The minimum Gasteiger partial charge on any atom is -0.324 e. The predicted molar refractivity (Wildman–Crippen MR) is 75.1 cm³/mol. The highest BCUT2D eigenvalue weighted by Gasteiger charge is 2.14. The average molecular weight is 267 g/mol. The van der Waals surface area contributed by atoms with Gasteiger partial charge in [-0.05, 0) is 50.6 Å². The van der Waals surface area contributed by atoms with Crippen LogP contribution < -0.4 is 5.32 Å². The molecule has 98 valence electrons. The third-order valence-electron chi connectivity index (χ3n) is 3.21. The van der Waals surface area contributed by atoms with Crippen LogP contribution in [0.1, 0.15) is 24.8 Å². The van der Waals surface area contributed by atoms with Gasteiger partial charge in [0, 0.05) is 0 Å². The number of rotatable bonds is 3. The molecule has 4 heteroatoms. The maximum Gasteiger partial charge on any atom is 0.238 e. The molecule has 1 N–H and O–H groups in total. The molecule has 1 aromatic rings. The molecule has 0 radical (unpaired) electrons. The molecule has 1 heterocycles. The number of amides is 1. The highest BCUT2D eigenvalue weighted by atomic mass is 35.5. The third-order valence-corrected chi connectivity index (χ3v) is 3.53. The molecule has 0 saturated carbocycles. The molecule has 1 amide bonds. The molecule has 1 aliphatic heterocycles. The van der Waals surface area contributed by atoms with Gasteiger partial charge in [0.15, 0.2) is 0 Å². The molecule has 0 aromatic heterocycles. The number of hydrogen-bond acceptors (Lipinski definition) is 2. The van der Waals surface area contributed by atoms with Gasteiger partial charge >= 0.3 is 0 Å². The number of likely N-dealkylation sites (tertiary alicyclic amines) is 1. The number of carbonyl (C=O) groups excluding carboxylic acids is 1. The first kappa shape index (κ1) is 13.4. The van der Waals surface area contributed by atoms with Crippen molar-refractivity contribution in [1.29, 1.82) is 0 Å². The van der Waals surface area contributed by atoms with Crippen LogP contribution >= 0.6 is 11.6 Å². The topological polar surface area (TPSA) is 32.3 Å². The maximum atomic E-state index is 11.9. The van der Waals surface area contributed by atoms with Gasteiger partial charge in [-0.3, -0.25) is 9.69 Å². The van der Waals surface area contributed by atoms with Gasteiger partial charge in [0.1, 0.15) is 0 Å². The summed E-state index contributed by atoms with van der Waals surface area (Å²) in [5.74, 6) is 0.0163. The van der Waals surface area contributed by atoms with Crippen molar-refractivity contribution in [2.75, 3.05) is 25.0 Å². The molecule has 0 aliphatic carbocycles. The van der Waals surface area contributed by atoms with E-state index >= 15 is 0 Å². The Hall–Kier alpha value is -1.06. The van der Waals surface area contributed by atoms with Crippen LogP contribution in [-0.2, 0) is 4.79 Å². The maximum absolute atomic E-state index is 11.9. The van der Waals surface area contributed by atoms with Crippen molar-refractivity contribution in [3.05, 3.63) is 28.8 Å². The normalized spacial score (nSPS) is 16.6. The van der Waals surface area contributed by atoms with Gasteiger partial charge in [-0.2, -0.15) is 0 Å². The van der Waals surface area contributed by atoms with Gasteiger partial charge in [0.2, 0.25) is 5.91 Å². The summed E-state index contributed by atoms with van der Waals surface area (Å²) in [7, 11) is 0. The second-order valence-corrected chi connectivity index (χ2v) is 5.28. The number of anilines is 1. The quantitative estimate of drug-likeness (QED) is 0.912. The van der Waals surface area contributed by atoms with E-state index in [0.717, 1.165) is 18.7 Å². The van der Waals surface area contributed by atoms with E-state index < -0.39 is 0 Å². The van der Waals surface area contributed by atoms with Gasteiger partial charge in [-0.15, -0.1) is 0 Å². The number of benzene rings is 1. The molecule has 3 nitrogen and oxygen atoms in total. The van der Waals surface area contributed by atoms with Gasteiger partial charge in [-0.25, -0.2) is 0 Å². The second-order valence-electron chi connectivity index (χ2n) is 4.87. The molecule has 1 aliphatic rings. The lowest BCUT2D eigenvalue weighted by Crippen LogP contribution is -2.36. The highest BCUT2D eigenvalue weighted by molar-refractivity contribution is 6.33. The summed E-state index contributed by atoms with van der Waals surface area (Å²) in [6.45, 7) is 4.49. The molecule has 1 fully saturated rings. The van der Waals surface area contributed by atoms with Crippen LogP contribution in [0.4, 0.5) is 5.69 Å². The van der Waals surface area contributed by atoms with E-state index in [4.69, 9.17) is 11.6 Å². The molecule has 0 spiro atoms. The van der Waals surface area contributed by atoms with E-state index in [2.05, 4.69) is 10.2 Å². The van der Waals surface area contributed by atoms with Crippen LogP contribution in [0.25, 0.3) is 0 Å². The molecular weight excluding hydrogens is 248 g/mol. The van der Waals surface area contributed by atoms with Crippen LogP contribution in [0.5, 0.6) is 0 Å². The highest BCUT2D eigenvalue weighted by Crippen LogP contribution is 2.22. The van der Waals surface area contributed by atoms with Crippen molar-refractivity contribution in [1.82, 2.24) is 4.90 Å². The van der Waals surface area contributed by atoms with E-state index in [1.165, 1.54) is 19.3 Å². The van der Waals surface area contributed by atoms with Crippen LogP contribution in [0.3, 0.4) is 0 Å². The Morgan fingerprint density at radius 3 is 2.72 bits per heavy atom. The summed E-state index contributed by atoms with van der Waals surface area (Å²) in [6.07, 6.45) is 3.67. The first-order chi connectivity index (χ1) is 8.65. The summed E-state index contributed by atoms with van der Waals surface area (Å²) < 4.78 is 0. The molecule has 0 atom stereocenters. The standard InChI is InChI=1S/C14H19ClN2O/c1-11-5-6-13(12(15)9-11)16-14(18)10-17-7-3-2-4-8-17/h5-6,9H,2-4,7-8,10H2,1H3,(H,16,18). The summed E-state index contributed by atoms with van der Waals surface area (Å²) >= 11 is 6.09. The first-order valence-electron chi connectivity index (χ1n) is 6.43. The Morgan fingerprint density at radius 2 is 2.06 bits per heavy atom. The number of halogens is 1. The Balaban J connectivity index is 1.90. The number of hydrogen-bond donors (Lipinski definition) is 1. The van der Waals surface area contributed by atoms with Crippen molar-refractivity contribution >= 4 is 23.2 Å². The summed E-state index contributed by atoms with van der Waals surface area (Å²) in [4.78, 5) is 14.1. The van der Waals surface area contributed by atoms with Crippen molar-refractivity contribution in [3.8, 4) is 0 Å². The van der Waals surface area contributed by atoms with Gasteiger partial charge in [0.25, 0.3) is 0 Å². The molecule has 1 aromatic carbocycles. The van der Waals surface area contributed by atoms with Crippen LogP contribution in [0.2, 0.25) is 5.02 Å². The smallest absolute Gasteiger partial charge is 0.238 e. The Morgan fingerprint density at radius 1 is 1.33 bits per heavy atom. The van der Waals surface area contributed by atoms with E-state index in [1.54, 1.807) is 0 Å². The SMILES string of the molecule is Cc1ccc(NC(=O)CN2CCCCC2)c(Cl)c1. The number of nitrogens with one attached hydrogen (secondary N) is 1. The number of aryl methyl sites for hydroxylation is 1. The minimum atomic E-state index is 0.0163. The van der Waals surface area contributed by atoms with Crippen molar-refractivity contribution in [2.45, 2.75) is 26.2 Å². The molecule has 2 rings (SSSR count). The van der Waals surface area contributed by atoms with Gasteiger partial charge in [-0.1, -0.05) is 24.1 Å². The fraction of sp³-hybridized carbons (Fsp3) is 0.500. The van der Waals surface area contributed by atoms with Crippen LogP contribution in [-0.4, -0.2) is 30.4 Å². The molecule has 1 saturated heterocycles. The third kappa shape index (κ3) is 3.72. The molecule has 18 heavy (non-hydrogen) atoms. The van der Waals surface area contributed by atoms with Gasteiger partial charge in [0.05, 0.1) is 17.3 Å². The van der Waals surface area contributed by atoms with Crippen LogP contribution in [0, 0.1) is 6.92 Å². The van der Waals surface area contributed by atoms with E-state index in [0.29, 0.717) is 17.3 Å². The minimum absolute atomic E-state index is 0.0163.